The summed E-state index contributed by atoms with van der Waals surface area (Å²) in [4.78, 5) is 16.7. The van der Waals surface area contributed by atoms with Crippen molar-refractivity contribution in [2.75, 3.05) is 13.2 Å². The number of benzene rings is 1. The van der Waals surface area contributed by atoms with E-state index in [9.17, 15) is 4.79 Å². The van der Waals surface area contributed by atoms with Gasteiger partial charge in [-0.05, 0) is 30.3 Å². The Morgan fingerprint density at radius 1 is 1.16 bits per heavy atom. The van der Waals surface area contributed by atoms with E-state index in [1.165, 1.54) is 0 Å². The molecular formula is C18H15ClN2O4. The summed E-state index contributed by atoms with van der Waals surface area (Å²) in [6.45, 7) is 1.25. The van der Waals surface area contributed by atoms with Gasteiger partial charge in [-0.2, -0.15) is 0 Å². The predicted molar refractivity (Wildman–Crippen MR) is 91.4 cm³/mol. The predicted octanol–water partition coefficient (Wildman–Crippen LogP) is 3.51. The molecular weight excluding hydrogens is 344 g/mol. The van der Waals surface area contributed by atoms with Crippen LogP contribution in [0.15, 0.2) is 42.7 Å². The molecule has 0 atom stereocenters. The summed E-state index contributed by atoms with van der Waals surface area (Å²) in [5.41, 5.74) is 1.80. The Morgan fingerprint density at radius 3 is 2.88 bits per heavy atom. The minimum atomic E-state index is -0.439. The van der Waals surface area contributed by atoms with Crippen molar-refractivity contribution >= 4 is 23.2 Å². The summed E-state index contributed by atoms with van der Waals surface area (Å²) in [5.74, 6) is 0.770. The van der Waals surface area contributed by atoms with Crippen LogP contribution in [0.25, 0.3) is 5.65 Å². The number of esters is 1. The molecule has 0 bridgehead atoms. The van der Waals surface area contributed by atoms with E-state index in [1.807, 2.05) is 0 Å². The lowest BCUT2D eigenvalue weighted by Crippen LogP contribution is -2.06. The van der Waals surface area contributed by atoms with Crippen LogP contribution in [0.1, 0.15) is 22.5 Å². The summed E-state index contributed by atoms with van der Waals surface area (Å²) >= 11 is 5.95. The minimum Gasteiger partial charge on any atom is -0.490 e. The van der Waals surface area contributed by atoms with Crippen LogP contribution in [-0.2, 0) is 11.3 Å². The van der Waals surface area contributed by atoms with Crippen molar-refractivity contribution in [2.45, 2.75) is 13.0 Å². The van der Waals surface area contributed by atoms with Gasteiger partial charge in [-0.3, -0.25) is 0 Å². The lowest BCUT2D eigenvalue weighted by atomic mass is 10.2. The number of ether oxygens (including phenoxy) is 3. The van der Waals surface area contributed by atoms with Crippen molar-refractivity contribution in [3.8, 4) is 11.5 Å². The lowest BCUT2D eigenvalue weighted by Gasteiger charge is -2.09. The van der Waals surface area contributed by atoms with E-state index < -0.39 is 5.97 Å². The van der Waals surface area contributed by atoms with E-state index in [4.69, 9.17) is 25.8 Å². The van der Waals surface area contributed by atoms with Gasteiger partial charge < -0.3 is 18.6 Å². The Balaban J connectivity index is 1.47. The largest absolute Gasteiger partial charge is 0.490 e. The third kappa shape index (κ3) is 3.39. The fraction of sp³-hybridized carbons (Fsp3) is 0.222. The molecule has 0 N–H and O–H groups in total. The Hall–Kier alpha value is -2.73. The lowest BCUT2D eigenvalue weighted by molar-refractivity contribution is 0.0468. The second-order valence-electron chi connectivity index (χ2n) is 5.63. The third-order valence-corrected chi connectivity index (χ3v) is 4.02. The molecule has 1 aliphatic heterocycles. The zero-order valence-electron chi connectivity index (χ0n) is 13.3. The number of fused-ring (bicyclic) bond motifs is 2. The normalized spacial score (nSPS) is 13.5. The van der Waals surface area contributed by atoms with E-state index in [0.29, 0.717) is 41.0 Å². The second kappa shape index (κ2) is 6.64. The van der Waals surface area contributed by atoms with Crippen molar-refractivity contribution in [1.29, 1.82) is 0 Å². The van der Waals surface area contributed by atoms with Crippen LogP contribution in [0, 0.1) is 0 Å². The van der Waals surface area contributed by atoms with Gasteiger partial charge in [0.15, 0.2) is 11.5 Å². The zero-order valence-corrected chi connectivity index (χ0v) is 14.0. The summed E-state index contributed by atoms with van der Waals surface area (Å²) in [6.07, 6.45) is 4.34. The first-order valence-electron chi connectivity index (χ1n) is 7.89. The number of rotatable bonds is 3. The standard InChI is InChI=1S/C18H15ClN2O4/c19-13-3-5-17-20-14(10-21(17)9-13)11-25-18(22)12-2-4-15-16(8-12)24-7-1-6-23-15/h2-5,8-10H,1,6-7,11H2. The van der Waals surface area contributed by atoms with Gasteiger partial charge in [0.25, 0.3) is 0 Å². The van der Waals surface area contributed by atoms with E-state index in [0.717, 1.165) is 12.1 Å². The summed E-state index contributed by atoms with van der Waals surface area (Å²) < 4.78 is 18.3. The summed E-state index contributed by atoms with van der Waals surface area (Å²) in [6, 6.07) is 8.60. The highest BCUT2D eigenvalue weighted by molar-refractivity contribution is 6.30. The van der Waals surface area contributed by atoms with Gasteiger partial charge in [-0.25, -0.2) is 9.78 Å². The first-order valence-corrected chi connectivity index (χ1v) is 8.27. The van der Waals surface area contributed by atoms with Crippen LogP contribution >= 0.6 is 11.6 Å². The number of carbonyl (C=O) groups is 1. The molecule has 7 heteroatoms. The van der Waals surface area contributed by atoms with Crippen molar-refractivity contribution in [1.82, 2.24) is 9.38 Å². The molecule has 0 unspecified atom stereocenters. The topological polar surface area (TPSA) is 62.1 Å². The fourth-order valence-corrected chi connectivity index (χ4v) is 2.77. The monoisotopic (exact) mass is 358 g/mol. The molecule has 1 aromatic carbocycles. The average molecular weight is 359 g/mol. The van der Waals surface area contributed by atoms with Gasteiger partial charge in [0, 0.05) is 18.8 Å². The maximum absolute atomic E-state index is 12.3. The number of carbonyl (C=O) groups excluding carboxylic acids is 1. The van der Waals surface area contributed by atoms with Gasteiger partial charge in [0.1, 0.15) is 12.3 Å². The molecule has 0 amide bonds. The van der Waals surface area contributed by atoms with Gasteiger partial charge in [0.2, 0.25) is 0 Å². The Bertz CT molecular complexity index is 938. The number of aromatic nitrogens is 2. The molecule has 0 saturated heterocycles. The molecule has 128 valence electrons. The maximum atomic E-state index is 12.3. The number of nitrogens with zero attached hydrogens (tertiary/aromatic N) is 2. The van der Waals surface area contributed by atoms with Crippen LogP contribution in [0.4, 0.5) is 0 Å². The smallest absolute Gasteiger partial charge is 0.338 e. The van der Waals surface area contributed by atoms with Crippen molar-refractivity contribution < 1.29 is 19.0 Å². The van der Waals surface area contributed by atoms with Crippen LogP contribution in [-0.4, -0.2) is 28.6 Å². The number of imidazole rings is 1. The first-order chi connectivity index (χ1) is 12.2. The molecule has 0 radical (unpaired) electrons. The van der Waals surface area contributed by atoms with E-state index >= 15 is 0 Å². The third-order valence-electron chi connectivity index (χ3n) is 3.80. The maximum Gasteiger partial charge on any atom is 0.338 e. The van der Waals surface area contributed by atoms with Gasteiger partial charge >= 0.3 is 5.97 Å². The molecule has 3 heterocycles. The highest BCUT2D eigenvalue weighted by Gasteiger charge is 2.15. The van der Waals surface area contributed by atoms with Crippen LogP contribution in [0.5, 0.6) is 11.5 Å². The number of halogens is 1. The second-order valence-corrected chi connectivity index (χ2v) is 6.07. The zero-order chi connectivity index (χ0) is 17.2. The Kier molecular flexibility index (Phi) is 4.19. The van der Waals surface area contributed by atoms with Gasteiger partial charge in [-0.15, -0.1) is 0 Å². The first kappa shape index (κ1) is 15.8. The Labute approximate surface area is 148 Å². The van der Waals surface area contributed by atoms with E-state index in [1.54, 1.807) is 47.1 Å². The molecule has 0 fully saturated rings. The van der Waals surface area contributed by atoms with Crippen LogP contribution in [0.2, 0.25) is 5.02 Å². The van der Waals surface area contributed by atoms with Crippen molar-refractivity contribution in [2.24, 2.45) is 0 Å². The van der Waals surface area contributed by atoms with Crippen molar-refractivity contribution in [3.63, 3.8) is 0 Å². The SMILES string of the molecule is O=C(OCc1cn2cc(Cl)ccc2n1)c1ccc2c(c1)OCCCO2. The highest BCUT2D eigenvalue weighted by Crippen LogP contribution is 2.30. The number of pyridine rings is 1. The van der Waals surface area contributed by atoms with Crippen LogP contribution < -0.4 is 9.47 Å². The fourth-order valence-electron chi connectivity index (χ4n) is 2.60. The number of hydrogen-bond donors (Lipinski definition) is 0. The van der Waals surface area contributed by atoms with Gasteiger partial charge in [-0.1, -0.05) is 11.6 Å². The molecule has 2 aromatic heterocycles. The molecule has 1 aliphatic rings. The summed E-state index contributed by atoms with van der Waals surface area (Å²) in [5, 5.41) is 0.612. The van der Waals surface area contributed by atoms with E-state index in [2.05, 4.69) is 4.98 Å². The molecule has 3 aromatic rings. The molecule has 6 nitrogen and oxygen atoms in total. The highest BCUT2D eigenvalue weighted by atomic mass is 35.5. The average Bonchev–Trinajstić information content (AvgIpc) is 2.86. The van der Waals surface area contributed by atoms with E-state index in [-0.39, 0.29) is 6.61 Å². The summed E-state index contributed by atoms with van der Waals surface area (Å²) in [7, 11) is 0. The van der Waals surface area contributed by atoms with Gasteiger partial charge in [0.05, 0.1) is 29.5 Å². The van der Waals surface area contributed by atoms with Crippen LogP contribution in [0.3, 0.4) is 0 Å². The minimum absolute atomic E-state index is 0.0760. The molecule has 0 saturated carbocycles. The molecule has 4 rings (SSSR count). The molecule has 25 heavy (non-hydrogen) atoms. The Morgan fingerprint density at radius 2 is 2.00 bits per heavy atom. The molecule has 0 spiro atoms. The quantitative estimate of drug-likeness (QED) is 0.670. The number of hydrogen-bond acceptors (Lipinski definition) is 5. The molecule has 0 aliphatic carbocycles. The van der Waals surface area contributed by atoms with Crippen molar-refractivity contribution in [3.05, 3.63) is 59.0 Å².